The van der Waals surface area contributed by atoms with Crippen molar-refractivity contribution in [3.63, 3.8) is 0 Å². The lowest BCUT2D eigenvalue weighted by Gasteiger charge is -2.14. The normalized spacial score (nSPS) is 12.9. The summed E-state index contributed by atoms with van der Waals surface area (Å²) in [6.07, 6.45) is 0.674. The number of carbonyl (C=O) groups is 1. The number of carbonyl (C=O) groups excluding carboxylic acids is 1. The fourth-order valence-electron chi connectivity index (χ4n) is 1.07. The van der Waals surface area contributed by atoms with Crippen LogP contribution in [0.2, 0.25) is 0 Å². The van der Waals surface area contributed by atoms with Gasteiger partial charge in [-0.05, 0) is 24.1 Å². The van der Waals surface area contributed by atoms with Crippen LogP contribution in [0.1, 0.15) is 31.1 Å². The van der Waals surface area contributed by atoms with Crippen LogP contribution in [0.4, 0.5) is 4.39 Å². The molecule has 15 heavy (non-hydrogen) atoms. The van der Waals surface area contributed by atoms with E-state index in [-0.39, 0.29) is 5.82 Å². The van der Waals surface area contributed by atoms with E-state index in [9.17, 15) is 9.18 Å². The molecule has 1 aromatic carbocycles. The molecule has 0 amide bonds. The highest BCUT2D eigenvalue weighted by Crippen LogP contribution is 2.28. The van der Waals surface area contributed by atoms with Crippen molar-refractivity contribution < 1.29 is 9.18 Å². The first-order valence-electron chi connectivity index (χ1n) is 4.95. The average molecular weight is 226 g/mol. The molecule has 0 N–H and O–H groups in total. The fraction of sp³-hybridized carbons (Fsp3) is 0.417. The highest BCUT2D eigenvalue weighted by Gasteiger charge is 2.10. The maximum absolute atomic E-state index is 13.1. The molecule has 0 aliphatic carbocycles. The molecule has 0 bridgehead atoms. The van der Waals surface area contributed by atoms with E-state index in [1.165, 1.54) is 12.1 Å². The minimum Gasteiger partial charge on any atom is -0.298 e. The van der Waals surface area contributed by atoms with Crippen molar-refractivity contribution in [3.8, 4) is 0 Å². The maximum atomic E-state index is 13.1. The molecule has 1 unspecified atom stereocenters. The van der Waals surface area contributed by atoms with Crippen molar-refractivity contribution in [1.29, 1.82) is 0 Å². The first kappa shape index (κ1) is 12.2. The number of hydrogen-bond acceptors (Lipinski definition) is 2. The van der Waals surface area contributed by atoms with Crippen LogP contribution >= 0.6 is 11.8 Å². The standard InChI is InChI=1S/C12H15FOS/c1-8(2)9(3)15-12-5-10(7-14)4-11(13)6-12/h4-9H,1-3H3. The van der Waals surface area contributed by atoms with Crippen LogP contribution in [0.15, 0.2) is 23.1 Å². The number of hydrogen-bond donors (Lipinski definition) is 0. The van der Waals surface area contributed by atoms with E-state index >= 15 is 0 Å². The molecule has 82 valence electrons. The van der Waals surface area contributed by atoms with Crippen molar-refractivity contribution in [2.75, 3.05) is 0 Å². The van der Waals surface area contributed by atoms with Gasteiger partial charge in [-0.2, -0.15) is 0 Å². The Balaban J connectivity index is 2.85. The summed E-state index contributed by atoms with van der Waals surface area (Å²) in [6, 6.07) is 4.44. The minimum atomic E-state index is -0.349. The molecule has 0 aliphatic heterocycles. The molecule has 1 atom stereocenters. The molecule has 0 spiro atoms. The molecule has 3 heteroatoms. The zero-order valence-electron chi connectivity index (χ0n) is 9.16. The Labute approximate surface area is 94.1 Å². The third kappa shape index (κ3) is 3.67. The zero-order valence-corrected chi connectivity index (χ0v) is 9.98. The summed E-state index contributed by atoms with van der Waals surface area (Å²) in [5, 5.41) is 0.409. The lowest BCUT2D eigenvalue weighted by atomic mass is 10.2. The number of thioether (sulfide) groups is 1. The van der Waals surface area contributed by atoms with Gasteiger partial charge < -0.3 is 0 Å². The van der Waals surface area contributed by atoms with Gasteiger partial charge in [0.2, 0.25) is 0 Å². The summed E-state index contributed by atoms with van der Waals surface area (Å²) in [4.78, 5) is 11.4. The maximum Gasteiger partial charge on any atom is 0.150 e. The van der Waals surface area contributed by atoms with E-state index in [0.29, 0.717) is 23.0 Å². The van der Waals surface area contributed by atoms with Crippen LogP contribution in [-0.4, -0.2) is 11.5 Å². The number of rotatable bonds is 4. The second-order valence-electron chi connectivity index (χ2n) is 3.91. The molecule has 1 rings (SSSR count). The summed E-state index contributed by atoms with van der Waals surface area (Å²) in [6.45, 7) is 6.34. The van der Waals surface area contributed by atoms with Crippen LogP contribution < -0.4 is 0 Å². The summed E-state index contributed by atoms with van der Waals surface area (Å²) >= 11 is 1.60. The Kier molecular flexibility index (Phi) is 4.33. The van der Waals surface area contributed by atoms with Crippen LogP contribution in [0.5, 0.6) is 0 Å². The Morgan fingerprint density at radius 2 is 1.93 bits per heavy atom. The van der Waals surface area contributed by atoms with Crippen LogP contribution in [0, 0.1) is 11.7 Å². The summed E-state index contributed by atoms with van der Waals surface area (Å²) < 4.78 is 13.1. The quantitative estimate of drug-likeness (QED) is 0.574. The Hall–Kier alpha value is -0.830. The molecule has 0 heterocycles. The molecular formula is C12H15FOS. The smallest absolute Gasteiger partial charge is 0.150 e. The van der Waals surface area contributed by atoms with Gasteiger partial charge in [0.05, 0.1) is 0 Å². The Bertz CT molecular complexity index is 349. The van der Waals surface area contributed by atoms with Crippen molar-refractivity contribution in [1.82, 2.24) is 0 Å². The van der Waals surface area contributed by atoms with Gasteiger partial charge in [-0.25, -0.2) is 4.39 Å². The first-order chi connectivity index (χ1) is 7.02. The van der Waals surface area contributed by atoms with E-state index in [2.05, 4.69) is 20.8 Å². The van der Waals surface area contributed by atoms with E-state index in [1.807, 2.05) is 0 Å². The minimum absolute atomic E-state index is 0.349. The lowest BCUT2D eigenvalue weighted by molar-refractivity contribution is 0.112. The average Bonchev–Trinajstić information content (AvgIpc) is 2.16. The molecule has 0 fully saturated rings. The molecule has 0 saturated carbocycles. The van der Waals surface area contributed by atoms with E-state index in [1.54, 1.807) is 17.8 Å². The third-order valence-corrected chi connectivity index (χ3v) is 3.71. The van der Waals surface area contributed by atoms with Crippen LogP contribution in [0.3, 0.4) is 0 Å². The van der Waals surface area contributed by atoms with Crippen LogP contribution in [-0.2, 0) is 0 Å². The van der Waals surface area contributed by atoms with Gasteiger partial charge in [0.15, 0.2) is 0 Å². The largest absolute Gasteiger partial charge is 0.298 e. The second kappa shape index (κ2) is 5.31. The lowest BCUT2D eigenvalue weighted by Crippen LogP contribution is -2.05. The monoisotopic (exact) mass is 226 g/mol. The first-order valence-corrected chi connectivity index (χ1v) is 5.83. The number of aldehydes is 1. The molecule has 0 radical (unpaired) electrons. The van der Waals surface area contributed by atoms with Gasteiger partial charge in [-0.1, -0.05) is 20.8 Å². The Morgan fingerprint density at radius 3 is 2.47 bits per heavy atom. The second-order valence-corrected chi connectivity index (χ2v) is 5.36. The predicted octanol–water partition coefficient (Wildman–Crippen LogP) is 3.77. The molecule has 0 saturated heterocycles. The highest BCUT2D eigenvalue weighted by molar-refractivity contribution is 8.00. The Morgan fingerprint density at radius 1 is 1.27 bits per heavy atom. The highest BCUT2D eigenvalue weighted by atomic mass is 32.2. The number of benzene rings is 1. The van der Waals surface area contributed by atoms with Gasteiger partial charge in [-0.15, -0.1) is 11.8 Å². The van der Waals surface area contributed by atoms with Gasteiger partial charge in [0, 0.05) is 15.7 Å². The molecule has 1 nitrogen and oxygen atoms in total. The van der Waals surface area contributed by atoms with Gasteiger partial charge in [0.1, 0.15) is 12.1 Å². The van der Waals surface area contributed by atoms with E-state index in [0.717, 1.165) is 4.90 Å². The summed E-state index contributed by atoms with van der Waals surface area (Å²) in [5.74, 6) is 0.177. The molecular weight excluding hydrogens is 211 g/mol. The summed E-state index contributed by atoms with van der Waals surface area (Å²) in [7, 11) is 0. The van der Waals surface area contributed by atoms with Crippen molar-refractivity contribution in [2.24, 2.45) is 5.92 Å². The molecule has 1 aromatic rings. The van der Waals surface area contributed by atoms with E-state index in [4.69, 9.17) is 0 Å². The van der Waals surface area contributed by atoms with Crippen molar-refractivity contribution >= 4 is 18.0 Å². The molecule has 0 aromatic heterocycles. The predicted molar refractivity (Wildman–Crippen MR) is 61.9 cm³/mol. The summed E-state index contributed by atoms with van der Waals surface area (Å²) in [5.41, 5.74) is 0.397. The van der Waals surface area contributed by atoms with Crippen molar-refractivity contribution in [2.45, 2.75) is 30.9 Å². The molecule has 0 aliphatic rings. The van der Waals surface area contributed by atoms with Gasteiger partial charge in [-0.3, -0.25) is 4.79 Å². The van der Waals surface area contributed by atoms with Gasteiger partial charge in [0.25, 0.3) is 0 Å². The third-order valence-electron chi connectivity index (χ3n) is 2.29. The topological polar surface area (TPSA) is 17.1 Å². The SMILES string of the molecule is CC(C)C(C)Sc1cc(F)cc(C=O)c1. The van der Waals surface area contributed by atoms with E-state index < -0.39 is 0 Å². The van der Waals surface area contributed by atoms with Crippen molar-refractivity contribution in [3.05, 3.63) is 29.6 Å². The number of halogens is 1. The zero-order chi connectivity index (χ0) is 11.4. The fourth-order valence-corrected chi connectivity index (χ4v) is 2.16. The van der Waals surface area contributed by atoms with Crippen LogP contribution in [0.25, 0.3) is 0 Å². The van der Waals surface area contributed by atoms with Gasteiger partial charge >= 0.3 is 0 Å².